The third kappa shape index (κ3) is 4.70. The summed E-state index contributed by atoms with van der Waals surface area (Å²) in [6.45, 7) is 7.30. The Kier molecular flexibility index (Phi) is 6.04. The minimum atomic E-state index is -0.168. The molecule has 0 aromatic carbocycles. The van der Waals surface area contributed by atoms with E-state index >= 15 is 0 Å². The second kappa shape index (κ2) is 7.81. The van der Waals surface area contributed by atoms with Crippen LogP contribution in [0.2, 0.25) is 0 Å². The van der Waals surface area contributed by atoms with Crippen LogP contribution in [0.1, 0.15) is 30.0 Å². The van der Waals surface area contributed by atoms with Gasteiger partial charge >= 0.3 is 12.0 Å². The predicted molar refractivity (Wildman–Crippen MR) is 91.6 cm³/mol. The molecule has 2 rings (SSSR count). The van der Waals surface area contributed by atoms with Gasteiger partial charge in [-0.15, -0.1) is 11.3 Å². The van der Waals surface area contributed by atoms with Gasteiger partial charge in [-0.05, 0) is 38.3 Å². The predicted octanol–water partition coefficient (Wildman–Crippen LogP) is 2.83. The number of aryl methyl sites for hydroxylation is 1. The molecule has 0 spiro atoms. The second-order valence-corrected chi connectivity index (χ2v) is 7.78. The Labute approximate surface area is 142 Å². The first-order valence-corrected chi connectivity index (χ1v) is 8.91. The number of ether oxygens (including phenoxy) is 1. The van der Waals surface area contributed by atoms with Crippen LogP contribution in [0.15, 0.2) is 12.1 Å². The summed E-state index contributed by atoms with van der Waals surface area (Å²) in [6.07, 6.45) is 1.51. The fourth-order valence-electron chi connectivity index (χ4n) is 3.08. The van der Waals surface area contributed by atoms with Crippen LogP contribution in [0.25, 0.3) is 0 Å². The number of amides is 2. The number of urea groups is 1. The number of methoxy groups -OCH3 is 1. The van der Waals surface area contributed by atoms with E-state index in [0.29, 0.717) is 19.5 Å². The lowest BCUT2D eigenvalue weighted by molar-refractivity contribution is -0.148. The van der Waals surface area contributed by atoms with Crippen LogP contribution in [0.5, 0.6) is 0 Å². The summed E-state index contributed by atoms with van der Waals surface area (Å²) in [5.41, 5.74) is 0. The number of carbonyl (C=O) groups is 2. The van der Waals surface area contributed by atoms with Gasteiger partial charge in [0.1, 0.15) is 0 Å². The zero-order valence-electron chi connectivity index (χ0n) is 14.3. The molecule has 1 aliphatic rings. The number of rotatable bonds is 4. The number of nitrogens with one attached hydrogen (secondary N) is 1. The van der Waals surface area contributed by atoms with Crippen LogP contribution >= 0.6 is 11.3 Å². The molecule has 1 aromatic rings. The molecular weight excluding hydrogens is 312 g/mol. The topological polar surface area (TPSA) is 58.6 Å². The Morgan fingerprint density at radius 1 is 1.48 bits per heavy atom. The zero-order valence-corrected chi connectivity index (χ0v) is 15.1. The van der Waals surface area contributed by atoms with Crippen LogP contribution in [0.3, 0.4) is 0 Å². The fourth-order valence-corrected chi connectivity index (χ4v) is 4.10. The summed E-state index contributed by atoms with van der Waals surface area (Å²) in [7, 11) is 1.42. The normalized spacial score (nSPS) is 22.5. The van der Waals surface area contributed by atoms with Gasteiger partial charge in [-0.3, -0.25) is 4.79 Å². The van der Waals surface area contributed by atoms with Crippen LogP contribution in [0, 0.1) is 18.8 Å². The molecule has 23 heavy (non-hydrogen) atoms. The Hall–Kier alpha value is -1.56. The second-order valence-electron chi connectivity index (χ2n) is 6.41. The molecule has 0 unspecified atom stereocenters. The third-order valence-electron chi connectivity index (χ3n) is 4.37. The van der Waals surface area contributed by atoms with Gasteiger partial charge in [0.15, 0.2) is 0 Å². The van der Waals surface area contributed by atoms with Gasteiger partial charge in [0.25, 0.3) is 0 Å². The van der Waals surface area contributed by atoms with Crippen LogP contribution in [-0.2, 0) is 16.0 Å². The lowest BCUT2D eigenvalue weighted by Crippen LogP contribution is -2.51. The first kappa shape index (κ1) is 17.8. The van der Waals surface area contributed by atoms with E-state index in [-0.39, 0.29) is 29.9 Å². The van der Waals surface area contributed by atoms with Gasteiger partial charge in [-0.1, -0.05) is 6.92 Å². The van der Waals surface area contributed by atoms with Crippen LogP contribution in [0.4, 0.5) is 4.79 Å². The van der Waals surface area contributed by atoms with Gasteiger partial charge in [0, 0.05) is 35.3 Å². The Morgan fingerprint density at radius 2 is 2.22 bits per heavy atom. The standard InChI is InChI=1S/C17H26N2O3S/c1-11-10-19(8-7-15(11)16(20)22-4)17(21)18-12(2)9-14-6-5-13(3)23-14/h5-6,11-12,15H,7-10H2,1-4H3,(H,18,21)/t11-,12-,15-/m1/s1. The van der Waals surface area contributed by atoms with Gasteiger partial charge in [-0.2, -0.15) is 0 Å². The molecule has 1 aromatic heterocycles. The molecule has 0 saturated carbocycles. The quantitative estimate of drug-likeness (QED) is 0.859. The highest BCUT2D eigenvalue weighted by atomic mass is 32.1. The Morgan fingerprint density at radius 3 is 2.78 bits per heavy atom. The molecule has 0 radical (unpaired) electrons. The minimum absolute atomic E-state index is 0.0408. The van der Waals surface area contributed by atoms with Crippen molar-refractivity contribution in [3.8, 4) is 0 Å². The molecule has 5 nitrogen and oxygen atoms in total. The smallest absolute Gasteiger partial charge is 0.317 e. The fraction of sp³-hybridized carbons (Fsp3) is 0.647. The maximum atomic E-state index is 12.4. The van der Waals surface area contributed by atoms with Crippen molar-refractivity contribution < 1.29 is 14.3 Å². The summed E-state index contributed by atoms with van der Waals surface area (Å²) in [5, 5.41) is 3.06. The van der Waals surface area contributed by atoms with Crippen molar-refractivity contribution in [1.29, 1.82) is 0 Å². The number of hydrogen-bond donors (Lipinski definition) is 1. The number of thiophene rings is 1. The van der Waals surface area contributed by atoms with E-state index in [1.54, 1.807) is 16.2 Å². The van der Waals surface area contributed by atoms with E-state index < -0.39 is 0 Å². The van der Waals surface area contributed by atoms with Crippen molar-refractivity contribution in [2.45, 2.75) is 39.7 Å². The SMILES string of the molecule is COC(=O)[C@@H]1CCN(C(=O)N[C@H](C)Cc2ccc(C)s2)C[C@H]1C. The van der Waals surface area contributed by atoms with Crippen molar-refractivity contribution >= 4 is 23.3 Å². The van der Waals surface area contributed by atoms with Crippen LogP contribution < -0.4 is 5.32 Å². The summed E-state index contributed by atoms with van der Waals surface area (Å²) >= 11 is 1.77. The van der Waals surface area contributed by atoms with Crippen LogP contribution in [-0.4, -0.2) is 43.1 Å². The van der Waals surface area contributed by atoms with Gasteiger partial charge in [0.2, 0.25) is 0 Å². The minimum Gasteiger partial charge on any atom is -0.469 e. The lowest BCUT2D eigenvalue weighted by Gasteiger charge is -2.36. The molecular formula is C17H26N2O3S. The number of carbonyl (C=O) groups excluding carboxylic acids is 2. The molecule has 0 aliphatic carbocycles. The largest absolute Gasteiger partial charge is 0.469 e. The average molecular weight is 338 g/mol. The van der Waals surface area contributed by atoms with E-state index in [9.17, 15) is 9.59 Å². The number of hydrogen-bond acceptors (Lipinski definition) is 4. The molecule has 0 bridgehead atoms. The third-order valence-corrected chi connectivity index (χ3v) is 5.39. The number of esters is 1. The molecule has 1 aliphatic heterocycles. The van der Waals surface area contributed by atoms with Gasteiger partial charge in [0.05, 0.1) is 13.0 Å². The van der Waals surface area contributed by atoms with Gasteiger partial charge < -0.3 is 15.0 Å². The van der Waals surface area contributed by atoms with Gasteiger partial charge in [-0.25, -0.2) is 4.79 Å². The first-order valence-electron chi connectivity index (χ1n) is 8.09. The molecule has 1 fully saturated rings. The summed E-state index contributed by atoms with van der Waals surface area (Å²) < 4.78 is 4.83. The summed E-state index contributed by atoms with van der Waals surface area (Å²) in [4.78, 5) is 28.5. The maximum Gasteiger partial charge on any atom is 0.317 e. The first-order chi connectivity index (χ1) is 10.9. The van der Waals surface area contributed by atoms with Crippen molar-refractivity contribution in [3.63, 3.8) is 0 Å². The van der Waals surface area contributed by atoms with E-state index in [1.807, 2.05) is 13.8 Å². The maximum absolute atomic E-state index is 12.4. The van der Waals surface area contributed by atoms with E-state index in [2.05, 4.69) is 24.4 Å². The van der Waals surface area contributed by atoms with E-state index in [4.69, 9.17) is 4.74 Å². The molecule has 2 amide bonds. The molecule has 2 heterocycles. The number of piperidine rings is 1. The van der Waals surface area contributed by atoms with Crippen molar-refractivity contribution in [2.24, 2.45) is 11.8 Å². The molecule has 6 heteroatoms. The summed E-state index contributed by atoms with van der Waals surface area (Å²) in [6, 6.07) is 4.27. The Balaban J connectivity index is 1.83. The highest BCUT2D eigenvalue weighted by molar-refractivity contribution is 7.11. The van der Waals surface area contributed by atoms with Crippen molar-refractivity contribution in [3.05, 3.63) is 21.9 Å². The molecule has 3 atom stereocenters. The molecule has 1 saturated heterocycles. The zero-order chi connectivity index (χ0) is 17.0. The van der Waals surface area contributed by atoms with E-state index in [1.165, 1.54) is 16.9 Å². The highest BCUT2D eigenvalue weighted by Crippen LogP contribution is 2.24. The summed E-state index contributed by atoms with van der Waals surface area (Å²) in [5.74, 6) is -0.147. The lowest BCUT2D eigenvalue weighted by atomic mass is 9.87. The van der Waals surface area contributed by atoms with E-state index in [0.717, 1.165) is 6.42 Å². The Bertz CT molecular complexity index is 558. The average Bonchev–Trinajstić information content (AvgIpc) is 2.91. The highest BCUT2D eigenvalue weighted by Gasteiger charge is 2.33. The molecule has 1 N–H and O–H groups in total. The molecule has 128 valence electrons. The monoisotopic (exact) mass is 338 g/mol. The number of likely N-dealkylation sites (tertiary alicyclic amines) is 1. The van der Waals surface area contributed by atoms with Crippen molar-refractivity contribution in [2.75, 3.05) is 20.2 Å². The number of nitrogens with zero attached hydrogens (tertiary/aromatic N) is 1. The van der Waals surface area contributed by atoms with Crippen molar-refractivity contribution in [1.82, 2.24) is 10.2 Å².